The molecule has 0 heterocycles. The predicted molar refractivity (Wildman–Crippen MR) is 54.3 cm³/mol. The van der Waals surface area contributed by atoms with Gasteiger partial charge in [0, 0.05) is 0 Å². The van der Waals surface area contributed by atoms with Crippen LogP contribution in [0.5, 0.6) is 0 Å². The number of hydrogen-bond acceptors (Lipinski definition) is 0. The molecule has 0 saturated carbocycles. The first kappa shape index (κ1) is 11.8. The quantitative estimate of drug-likeness (QED) is 0.672. The van der Waals surface area contributed by atoms with Crippen LogP contribution in [0.2, 0.25) is 8.94 Å². The molecule has 0 rings (SSSR count). The fraction of sp³-hybridized carbons (Fsp3) is 1.00. The van der Waals surface area contributed by atoms with Crippen molar-refractivity contribution >= 4 is 20.9 Å². The van der Waals surface area contributed by atoms with E-state index in [4.69, 9.17) is 0 Å². The fourth-order valence-electron chi connectivity index (χ4n) is 0.663. The van der Waals surface area contributed by atoms with E-state index >= 15 is 0 Å². The monoisotopic (exact) mass is 272 g/mol. The zero-order valence-electron chi connectivity index (χ0n) is 8.82. The van der Waals surface area contributed by atoms with E-state index in [-0.39, 0.29) is 20.9 Å². The van der Waals surface area contributed by atoms with Crippen LogP contribution in [0.4, 0.5) is 0 Å². The van der Waals surface area contributed by atoms with Gasteiger partial charge >= 0.3 is 82.2 Å². The minimum absolute atomic E-state index is 0.278. The summed E-state index contributed by atoms with van der Waals surface area (Å²) < 4.78 is 2.96. The van der Waals surface area contributed by atoms with E-state index < -0.39 is 0 Å². The van der Waals surface area contributed by atoms with Crippen molar-refractivity contribution in [1.29, 1.82) is 0 Å². The summed E-state index contributed by atoms with van der Waals surface area (Å²) in [5.41, 5.74) is 1.15. The van der Waals surface area contributed by atoms with E-state index in [9.17, 15) is 0 Å². The molecular formula is C10H22Te. The molecule has 11 heavy (non-hydrogen) atoms. The summed E-state index contributed by atoms with van der Waals surface area (Å²) in [6.45, 7) is 14.1. The standard InChI is InChI=1S/C10H22Te/c1-9(2,3)7-11-8-10(4,5)6/h7-8H2,1-6H3. The minimum atomic E-state index is 0.278. The van der Waals surface area contributed by atoms with Crippen molar-refractivity contribution in [2.45, 2.75) is 50.5 Å². The van der Waals surface area contributed by atoms with Crippen molar-refractivity contribution in [2.24, 2.45) is 10.8 Å². The molecular weight excluding hydrogens is 248 g/mol. The molecule has 0 aliphatic rings. The molecule has 0 aliphatic heterocycles. The van der Waals surface area contributed by atoms with Gasteiger partial charge in [-0.05, 0) is 0 Å². The van der Waals surface area contributed by atoms with Crippen LogP contribution in [-0.4, -0.2) is 20.9 Å². The van der Waals surface area contributed by atoms with Crippen LogP contribution in [0, 0.1) is 10.8 Å². The first-order valence-electron chi connectivity index (χ1n) is 4.28. The second-order valence-electron chi connectivity index (χ2n) is 5.61. The average Bonchev–Trinajstić information content (AvgIpc) is 1.55. The van der Waals surface area contributed by atoms with Gasteiger partial charge in [-0.3, -0.25) is 0 Å². The molecule has 0 aromatic heterocycles. The fourth-order valence-corrected chi connectivity index (χ4v) is 4.45. The average molecular weight is 270 g/mol. The summed E-state index contributed by atoms with van der Waals surface area (Å²) in [6, 6.07) is 0. The van der Waals surface area contributed by atoms with Crippen molar-refractivity contribution in [3.63, 3.8) is 0 Å². The molecule has 0 atom stereocenters. The second kappa shape index (κ2) is 4.15. The van der Waals surface area contributed by atoms with Crippen LogP contribution >= 0.6 is 0 Å². The van der Waals surface area contributed by atoms with E-state index in [0.717, 1.165) is 0 Å². The molecule has 0 amide bonds. The third-order valence-corrected chi connectivity index (χ3v) is 7.18. The van der Waals surface area contributed by atoms with Crippen LogP contribution in [0.15, 0.2) is 0 Å². The van der Waals surface area contributed by atoms with E-state index in [1.807, 2.05) is 0 Å². The van der Waals surface area contributed by atoms with Gasteiger partial charge in [0.25, 0.3) is 0 Å². The van der Waals surface area contributed by atoms with Crippen LogP contribution in [0.1, 0.15) is 41.5 Å². The molecule has 0 bridgehead atoms. The van der Waals surface area contributed by atoms with Crippen LogP contribution in [0.3, 0.4) is 0 Å². The van der Waals surface area contributed by atoms with Gasteiger partial charge < -0.3 is 0 Å². The Balaban J connectivity index is 3.44. The molecule has 0 aliphatic carbocycles. The van der Waals surface area contributed by atoms with Gasteiger partial charge in [-0.1, -0.05) is 0 Å². The molecule has 68 valence electrons. The zero-order chi connectivity index (χ0) is 9.12. The molecule has 0 saturated heterocycles. The molecule has 1 heteroatoms. The molecule has 0 unspecified atom stereocenters. The maximum atomic E-state index is 2.35. The van der Waals surface area contributed by atoms with Gasteiger partial charge in [0.15, 0.2) is 0 Å². The Kier molecular flexibility index (Phi) is 4.45. The maximum absolute atomic E-state index is 2.35. The van der Waals surface area contributed by atoms with Crippen molar-refractivity contribution in [3.8, 4) is 0 Å². The first-order chi connectivity index (χ1) is 4.71. The van der Waals surface area contributed by atoms with Gasteiger partial charge in [-0.15, -0.1) is 0 Å². The van der Waals surface area contributed by atoms with E-state index in [0.29, 0.717) is 10.8 Å². The normalized spacial score (nSPS) is 13.6. The third kappa shape index (κ3) is 10.8. The Morgan fingerprint density at radius 2 is 1.00 bits per heavy atom. The second-order valence-corrected chi connectivity index (χ2v) is 8.43. The molecule has 0 aromatic rings. The Morgan fingerprint density at radius 3 is 1.18 bits per heavy atom. The van der Waals surface area contributed by atoms with Crippen LogP contribution in [0.25, 0.3) is 0 Å². The van der Waals surface area contributed by atoms with Gasteiger partial charge in [0.1, 0.15) is 0 Å². The Hall–Kier alpha value is 0.790. The summed E-state index contributed by atoms with van der Waals surface area (Å²) in [4.78, 5) is 0. The molecule has 0 radical (unpaired) electrons. The number of rotatable bonds is 2. The molecule has 0 N–H and O–H groups in total. The summed E-state index contributed by atoms with van der Waals surface area (Å²) >= 11 is 0.278. The molecule has 0 spiro atoms. The topological polar surface area (TPSA) is 0 Å². The van der Waals surface area contributed by atoms with Crippen LogP contribution < -0.4 is 0 Å². The van der Waals surface area contributed by atoms with Crippen molar-refractivity contribution in [3.05, 3.63) is 0 Å². The van der Waals surface area contributed by atoms with Gasteiger partial charge in [-0.2, -0.15) is 0 Å². The summed E-state index contributed by atoms with van der Waals surface area (Å²) in [7, 11) is 0. The molecule has 0 aromatic carbocycles. The van der Waals surface area contributed by atoms with Crippen LogP contribution in [-0.2, 0) is 0 Å². The van der Waals surface area contributed by atoms with Crippen molar-refractivity contribution < 1.29 is 0 Å². The molecule has 0 nitrogen and oxygen atoms in total. The van der Waals surface area contributed by atoms with Gasteiger partial charge in [0.05, 0.1) is 0 Å². The Morgan fingerprint density at radius 1 is 0.727 bits per heavy atom. The van der Waals surface area contributed by atoms with Crippen molar-refractivity contribution in [2.75, 3.05) is 0 Å². The van der Waals surface area contributed by atoms with Crippen molar-refractivity contribution in [1.82, 2.24) is 0 Å². The van der Waals surface area contributed by atoms with E-state index in [1.54, 1.807) is 0 Å². The number of hydrogen-bond donors (Lipinski definition) is 0. The summed E-state index contributed by atoms with van der Waals surface area (Å²) in [5.74, 6) is 0. The first-order valence-corrected chi connectivity index (χ1v) is 7.58. The van der Waals surface area contributed by atoms with Gasteiger partial charge in [0.2, 0.25) is 0 Å². The van der Waals surface area contributed by atoms with E-state index in [1.165, 1.54) is 8.94 Å². The SMILES string of the molecule is CC(C)(C)C[Te]CC(C)(C)C. The van der Waals surface area contributed by atoms with E-state index in [2.05, 4.69) is 41.5 Å². The third-order valence-electron chi connectivity index (χ3n) is 1.07. The predicted octanol–water partition coefficient (Wildman–Crippen LogP) is 3.62. The summed E-state index contributed by atoms with van der Waals surface area (Å²) in [5, 5.41) is 0. The Bertz CT molecular complexity index is 89.0. The zero-order valence-corrected chi connectivity index (χ0v) is 11.2. The van der Waals surface area contributed by atoms with Gasteiger partial charge in [-0.25, -0.2) is 0 Å². The Labute approximate surface area is 82.2 Å². The summed E-state index contributed by atoms with van der Waals surface area (Å²) in [6.07, 6.45) is 0. The molecule has 0 fully saturated rings.